The summed E-state index contributed by atoms with van der Waals surface area (Å²) in [5.74, 6) is 2.64. The van der Waals surface area contributed by atoms with Gasteiger partial charge in [0.05, 0.1) is 10.9 Å². The highest BCUT2D eigenvalue weighted by Crippen LogP contribution is 2.51. The van der Waals surface area contributed by atoms with Crippen LogP contribution in [0, 0.1) is 18.8 Å². The third-order valence-corrected chi connectivity index (χ3v) is 9.82. The van der Waals surface area contributed by atoms with Crippen LogP contribution in [0.1, 0.15) is 74.1 Å². The SMILES string of the molecule is Cc1cc2c(cc1-c1c3ccc(C4CC5CCC4CC5)cc3cc[n+]1C)C(C)(C)c1ccccc1-2. The minimum absolute atomic E-state index is 0.0188. The van der Waals surface area contributed by atoms with Crippen LogP contribution in [0.3, 0.4) is 0 Å². The van der Waals surface area contributed by atoms with E-state index < -0.39 is 0 Å². The van der Waals surface area contributed by atoms with Crippen molar-refractivity contribution in [3.8, 4) is 22.4 Å². The van der Waals surface area contributed by atoms with Crippen molar-refractivity contribution in [2.75, 3.05) is 0 Å². The maximum atomic E-state index is 2.52. The van der Waals surface area contributed by atoms with Crippen molar-refractivity contribution in [2.45, 2.75) is 64.2 Å². The third kappa shape index (κ3) is 3.10. The molecule has 0 saturated heterocycles. The Hall–Kier alpha value is -2.93. The molecule has 2 bridgehead atoms. The zero-order valence-corrected chi connectivity index (χ0v) is 21.6. The molecule has 1 unspecified atom stereocenters. The van der Waals surface area contributed by atoms with Gasteiger partial charge in [0, 0.05) is 11.5 Å². The Kier molecular flexibility index (Phi) is 4.60. The van der Waals surface area contributed by atoms with Gasteiger partial charge in [-0.2, -0.15) is 0 Å². The van der Waals surface area contributed by atoms with E-state index in [1.807, 2.05) is 0 Å². The van der Waals surface area contributed by atoms with Crippen molar-refractivity contribution in [1.29, 1.82) is 0 Å². The van der Waals surface area contributed by atoms with Gasteiger partial charge in [-0.15, -0.1) is 0 Å². The Morgan fingerprint density at radius 1 is 0.800 bits per heavy atom. The molecule has 3 fully saturated rings. The van der Waals surface area contributed by atoms with Gasteiger partial charge in [0.15, 0.2) is 6.20 Å². The second kappa shape index (κ2) is 7.53. The number of aryl methyl sites for hydroxylation is 2. The number of fused-ring (bicyclic) bond motifs is 7. The molecule has 4 aromatic rings. The summed E-state index contributed by atoms with van der Waals surface area (Å²) in [7, 11) is 2.20. The quantitative estimate of drug-likeness (QED) is 0.266. The van der Waals surface area contributed by atoms with E-state index in [4.69, 9.17) is 0 Å². The fourth-order valence-electron chi connectivity index (χ4n) is 7.85. The van der Waals surface area contributed by atoms with Crippen LogP contribution in [0.15, 0.2) is 66.9 Å². The first-order valence-electron chi connectivity index (χ1n) is 13.6. The first kappa shape index (κ1) is 21.4. The second-order valence-corrected chi connectivity index (χ2v) is 12.1. The molecule has 1 heteroatoms. The number of hydrogen-bond donors (Lipinski definition) is 0. The van der Waals surface area contributed by atoms with Crippen LogP contribution in [0.4, 0.5) is 0 Å². The van der Waals surface area contributed by atoms with E-state index >= 15 is 0 Å². The Morgan fingerprint density at radius 3 is 2.37 bits per heavy atom. The monoisotopic (exact) mass is 458 g/mol. The summed E-state index contributed by atoms with van der Waals surface area (Å²) in [6.45, 7) is 7.05. The fraction of sp³-hybridized carbons (Fsp3) is 0.382. The van der Waals surface area contributed by atoms with Crippen LogP contribution in [0.25, 0.3) is 33.2 Å². The summed E-state index contributed by atoms with van der Waals surface area (Å²) >= 11 is 0. The van der Waals surface area contributed by atoms with Gasteiger partial charge in [-0.1, -0.05) is 69.2 Å². The fourth-order valence-corrected chi connectivity index (χ4v) is 7.85. The summed E-state index contributed by atoms with van der Waals surface area (Å²) in [5, 5.41) is 2.76. The number of pyridine rings is 1. The van der Waals surface area contributed by atoms with Crippen LogP contribution < -0.4 is 4.57 Å². The largest absolute Gasteiger partial charge is 0.220 e. The normalized spacial score (nSPS) is 23.9. The van der Waals surface area contributed by atoms with E-state index in [0.29, 0.717) is 0 Å². The molecule has 8 rings (SSSR count). The van der Waals surface area contributed by atoms with E-state index in [1.54, 1.807) is 5.56 Å². The lowest BCUT2D eigenvalue weighted by atomic mass is 9.63. The Morgan fingerprint density at radius 2 is 1.60 bits per heavy atom. The summed E-state index contributed by atoms with van der Waals surface area (Å²) in [6.07, 6.45) is 9.48. The maximum Gasteiger partial charge on any atom is 0.220 e. The minimum Gasteiger partial charge on any atom is -0.200 e. The molecule has 1 nitrogen and oxygen atoms in total. The smallest absolute Gasteiger partial charge is 0.200 e. The highest BCUT2D eigenvalue weighted by molar-refractivity contribution is 5.95. The topological polar surface area (TPSA) is 3.88 Å². The van der Waals surface area contributed by atoms with Crippen LogP contribution in [0.5, 0.6) is 0 Å². The van der Waals surface area contributed by atoms with Crippen molar-refractivity contribution in [2.24, 2.45) is 18.9 Å². The average Bonchev–Trinajstić information content (AvgIpc) is 3.10. The van der Waals surface area contributed by atoms with E-state index in [1.165, 1.54) is 82.0 Å². The highest BCUT2D eigenvalue weighted by atomic mass is 14.9. The standard InChI is InChI=1S/C34H36N/c1-21-17-30-27-7-5-6-8-31(27)34(2,3)32(30)20-28(21)33-26-14-13-24(19-25(26)15-16-35(33)4)29-18-22-9-11-23(29)12-10-22/h5-8,13-17,19-20,22-23,29H,9-12,18H2,1-4H3/q+1. The predicted molar refractivity (Wildman–Crippen MR) is 146 cm³/mol. The number of nitrogens with zero attached hydrogens (tertiary/aromatic N) is 1. The van der Waals surface area contributed by atoms with Crippen molar-refractivity contribution in [3.05, 3.63) is 89.1 Å². The van der Waals surface area contributed by atoms with Crippen LogP contribution in [0.2, 0.25) is 0 Å². The summed E-state index contributed by atoms with van der Waals surface area (Å²) in [6, 6.07) is 23.6. The molecule has 176 valence electrons. The van der Waals surface area contributed by atoms with Gasteiger partial charge in [-0.05, 0) is 94.8 Å². The molecule has 0 radical (unpaired) electrons. The molecule has 0 aliphatic heterocycles. The molecular formula is C34H36N+. The van der Waals surface area contributed by atoms with Gasteiger partial charge >= 0.3 is 0 Å². The molecule has 1 atom stereocenters. The van der Waals surface area contributed by atoms with E-state index in [9.17, 15) is 0 Å². The zero-order valence-electron chi connectivity index (χ0n) is 21.6. The number of aromatic nitrogens is 1. The molecule has 0 N–H and O–H groups in total. The molecule has 1 heterocycles. The third-order valence-electron chi connectivity index (χ3n) is 9.82. The zero-order chi connectivity index (χ0) is 23.9. The first-order chi connectivity index (χ1) is 16.9. The van der Waals surface area contributed by atoms with Gasteiger partial charge in [0.1, 0.15) is 7.05 Å². The average molecular weight is 459 g/mol. The van der Waals surface area contributed by atoms with Crippen LogP contribution in [-0.4, -0.2) is 0 Å². The first-order valence-corrected chi connectivity index (χ1v) is 13.6. The van der Waals surface area contributed by atoms with E-state index in [-0.39, 0.29) is 5.41 Å². The van der Waals surface area contributed by atoms with Gasteiger partial charge in [0.25, 0.3) is 0 Å². The van der Waals surface area contributed by atoms with Crippen LogP contribution >= 0.6 is 0 Å². The molecule has 0 spiro atoms. The Labute approximate surface area is 209 Å². The summed E-state index contributed by atoms with van der Waals surface area (Å²) in [5.41, 5.74) is 11.4. The highest BCUT2D eigenvalue weighted by Gasteiger charge is 2.38. The molecule has 0 amide bonds. The number of hydrogen-bond acceptors (Lipinski definition) is 0. The lowest BCUT2D eigenvalue weighted by Crippen LogP contribution is -2.31. The van der Waals surface area contributed by atoms with Gasteiger partial charge in [-0.25, -0.2) is 4.57 Å². The lowest BCUT2D eigenvalue weighted by Gasteiger charge is -2.42. The molecule has 4 aliphatic rings. The Balaban J connectivity index is 1.38. The molecule has 3 saturated carbocycles. The van der Waals surface area contributed by atoms with Crippen molar-refractivity contribution in [1.82, 2.24) is 0 Å². The lowest BCUT2D eigenvalue weighted by molar-refractivity contribution is -0.659. The van der Waals surface area contributed by atoms with Crippen molar-refractivity contribution >= 4 is 10.8 Å². The van der Waals surface area contributed by atoms with Gasteiger partial charge in [-0.3, -0.25) is 0 Å². The predicted octanol–water partition coefficient (Wildman–Crippen LogP) is 8.24. The van der Waals surface area contributed by atoms with E-state index in [2.05, 4.69) is 99.2 Å². The molecule has 4 aliphatic carbocycles. The second-order valence-electron chi connectivity index (χ2n) is 12.1. The van der Waals surface area contributed by atoms with E-state index in [0.717, 1.165) is 17.8 Å². The summed E-state index contributed by atoms with van der Waals surface area (Å²) < 4.78 is 2.33. The van der Waals surface area contributed by atoms with Crippen molar-refractivity contribution in [3.63, 3.8) is 0 Å². The maximum absolute atomic E-state index is 2.52. The molecule has 35 heavy (non-hydrogen) atoms. The van der Waals surface area contributed by atoms with Gasteiger partial charge in [0.2, 0.25) is 5.69 Å². The molecular weight excluding hydrogens is 422 g/mol. The Bertz CT molecular complexity index is 1480. The summed E-state index contributed by atoms with van der Waals surface area (Å²) in [4.78, 5) is 0. The van der Waals surface area contributed by atoms with Crippen molar-refractivity contribution < 1.29 is 4.57 Å². The van der Waals surface area contributed by atoms with Gasteiger partial charge < -0.3 is 0 Å². The number of rotatable bonds is 2. The minimum atomic E-state index is 0.0188. The van der Waals surface area contributed by atoms with Crippen LogP contribution in [-0.2, 0) is 12.5 Å². The molecule has 3 aromatic carbocycles. The number of benzene rings is 3. The molecule has 1 aromatic heterocycles.